The van der Waals surface area contributed by atoms with E-state index in [-0.39, 0.29) is 23.5 Å². The molecule has 2 aromatic carbocycles. The highest BCUT2D eigenvalue weighted by molar-refractivity contribution is 6.15. The van der Waals surface area contributed by atoms with Gasteiger partial charge in [-0.15, -0.1) is 0 Å². The van der Waals surface area contributed by atoms with Gasteiger partial charge in [0, 0.05) is 22.8 Å². The van der Waals surface area contributed by atoms with Gasteiger partial charge in [-0.2, -0.15) is 0 Å². The van der Waals surface area contributed by atoms with Crippen molar-refractivity contribution in [3.8, 4) is 5.75 Å². The molecule has 1 spiro atoms. The van der Waals surface area contributed by atoms with Crippen LogP contribution in [0.25, 0.3) is 0 Å². The van der Waals surface area contributed by atoms with E-state index in [4.69, 9.17) is 0 Å². The minimum absolute atomic E-state index is 0.161. The van der Waals surface area contributed by atoms with Gasteiger partial charge >= 0.3 is 0 Å². The molecule has 0 aromatic heterocycles. The quantitative estimate of drug-likeness (QED) is 0.615. The molecule has 2 fully saturated rings. The van der Waals surface area contributed by atoms with E-state index in [0.29, 0.717) is 6.42 Å². The Labute approximate surface area is 193 Å². The Morgan fingerprint density at radius 2 is 1.67 bits per heavy atom. The summed E-state index contributed by atoms with van der Waals surface area (Å²) in [5.74, 6) is -2.16. The van der Waals surface area contributed by atoms with Crippen molar-refractivity contribution in [3.63, 3.8) is 0 Å². The summed E-state index contributed by atoms with van der Waals surface area (Å²) in [4.78, 5) is 42.5. The maximum Gasteiger partial charge on any atom is 0.250 e. The smallest absolute Gasteiger partial charge is 0.250 e. The molecule has 33 heavy (non-hydrogen) atoms. The minimum atomic E-state index is -1.30. The number of likely N-dealkylation sites (tertiary alicyclic amines) is 1. The number of phenolic OH excluding ortho intramolecular Hbond substituents is 1. The third-order valence-corrected chi connectivity index (χ3v) is 7.48. The predicted octanol–water partition coefficient (Wildman–Crippen LogP) is 2.77. The van der Waals surface area contributed by atoms with Crippen molar-refractivity contribution in [1.29, 1.82) is 0 Å². The molecule has 4 atom stereocenters. The molecule has 0 radical (unpaired) electrons. The lowest BCUT2D eigenvalue weighted by molar-refractivity contribution is -0.147. The zero-order chi connectivity index (χ0) is 23.9. The maximum atomic E-state index is 13.8. The topological polar surface area (TPSA) is 98.7 Å². The first kappa shape index (κ1) is 21.6. The van der Waals surface area contributed by atoms with Gasteiger partial charge in [0.15, 0.2) is 0 Å². The molecule has 172 valence electrons. The van der Waals surface area contributed by atoms with Crippen LogP contribution in [-0.2, 0) is 26.3 Å². The average Bonchev–Trinajstić information content (AvgIpc) is 3.31. The fourth-order valence-electron chi connectivity index (χ4n) is 5.84. The van der Waals surface area contributed by atoms with Crippen molar-refractivity contribution >= 4 is 23.4 Å². The second-order valence-corrected chi connectivity index (χ2v) is 10.5. The fraction of sp³-hybridized carbons (Fsp3) is 0.423. The number of hydrogen-bond donors (Lipinski definition) is 3. The summed E-state index contributed by atoms with van der Waals surface area (Å²) < 4.78 is 0. The Bertz CT molecular complexity index is 1200. The SMILES string of the molecule is Cc1ccc2c(c1C)NC(=O)C21NC(Cc2ccc(O)cc2)C2C(=O)N(C(C)(C)C)C(=O)C21. The van der Waals surface area contributed by atoms with Crippen molar-refractivity contribution in [1.82, 2.24) is 10.2 Å². The van der Waals surface area contributed by atoms with Crippen molar-refractivity contribution in [3.05, 3.63) is 58.7 Å². The van der Waals surface area contributed by atoms with E-state index < -0.39 is 29.0 Å². The molecule has 0 saturated carbocycles. The van der Waals surface area contributed by atoms with E-state index in [9.17, 15) is 19.5 Å². The van der Waals surface area contributed by atoms with Crippen LogP contribution in [0.1, 0.15) is 43.0 Å². The summed E-state index contributed by atoms with van der Waals surface area (Å²) >= 11 is 0. The first-order valence-corrected chi connectivity index (χ1v) is 11.3. The Balaban J connectivity index is 1.67. The number of nitrogens with zero attached hydrogens (tertiary/aromatic N) is 1. The van der Waals surface area contributed by atoms with Gasteiger partial charge in [-0.05, 0) is 69.9 Å². The maximum absolute atomic E-state index is 13.8. The number of benzene rings is 2. The molecular weight excluding hydrogens is 418 g/mol. The fourth-order valence-corrected chi connectivity index (χ4v) is 5.84. The molecule has 2 saturated heterocycles. The van der Waals surface area contributed by atoms with Gasteiger partial charge in [0.05, 0.1) is 11.8 Å². The number of carbonyl (C=O) groups is 3. The lowest BCUT2D eigenvalue weighted by Crippen LogP contribution is -2.56. The molecule has 3 amide bonds. The van der Waals surface area contributed by atoms with Crippen LogP contribution in [-0.4, -0.2) is 39.3 Å². The first-order valence-electron chi connectivity index (χ1n) is 11.3. The Morgan fingerprint density at radius 1 is 1.00 bits per heavy atom. The number of hydrogen-bond acceptors (Lipinski definition) is 5. The molecule has 3 aliphatic heterocycles. The van der Waals surface area contributed by atoms with E-state index in [1.54, 1.807) is 24.3 Å². The lowest BCUT2D eigenvalue weighted by atomic mass is 9.75. The van der Waals surface area contributed by atoms with Crippen LogP contribution < -0.4 is 10.6 Å². The van der Waals surface area contributed by atoms with Crippen molar-refractivity contribution in [2.45, 2.75) is 58.2 Å². The standard InChI is InChI=1S/C26H29N3O4/c1-13-6-11-17-21(14(13)2)27-24(33)26(17)20-19(22(31)29(23(20)32)25(3,4)5)18(28-26)12-15-7-9-16(30)10-8-15/h6-11,18-20,28,30H,12H2,1-5H3,(H,27,33). The molecule has 4 unspecified atom stereocenters. The highest BCUT2D eigenvalue weighted by Gasteiger charge is 2.71. The van der Waals surface area contributed by atoms with Crippen LogP contribution in [0.15, 0.2) is 36.4 Å². The Kier molecular flexibility index (Phi) is 4.53. The number of anilines is 1. The second-order valence-electron chi connectivity index (χ2n) is 10.5. The largest absolute Gasteiger partial charge is 0.508 e. The number of aryl methyl sites for hydroxylation is 1. The molecule has 7 nitrogen and oxygen atoms in total. The van der Waals surface area contributed by atoms with E-state index in [1.807, 2.05) is 46.8 Å². The van der Waals surface area contributed by atoms with Crippen LogP contribution in [0.4, 0.5) is 5.69 Å². The molecule has 5 rings (SSSR count). The van der Waals surface area contributed by atoms with Gasteiger partial charge in [-0.3, -0.25) is 24.6 Å². The van der Waals surface area contributed by atoms with Crippen LogP contribution in [0.5, 0.6) is 5.75 Å². The predicted molar refractivity (Wildman–Crippen MR) is 124 cm³/mol. The molecule has 0 aliphatic carbocycles. The number of imide groups is 1. The number of fused-ring (bicyclic) bond motifs is 4. The zero-order valence-electron chi connectivity index (χ0n) is 19.5. The van der Waals surface area contributed by atoms with Gasteiger partial charge < -0.3 is 10.4 Å². The summed E-state index contributed by atoms with van der Waals surface area (Å²) in [6, 6.07) is 10.3. The molecule has 2 aromatic rings. The molecule has 7 heteroatoms. The number of aromatic hydroxyl groups is 1. The number of rotatable bonds is 2. The number of carbonyl (C=O) groups excluding carboxylic acids is 3. The van der Waals surface area contributed by atoms with E-state index in [2.05, 4.69) is 10.6 Å². The minimum Gasteiger partial charge on any atom is -0.508 e. The van der Waals surface area contributed by atoms with Crippen LogP contribution in [0, 0.1) is 25.7 Å². The van der Waals surface area contributed by atoms with E-state index in [0.717, 1.165) is 27.9 Å². The second kappa shape index (κ2) is 6.90. The summed E-state index contributed by atoms with van der Waals surface area (Å²) in [7, 11) is 0. The van der Waals surface area contributed by atoms with Gasteiger partial charge in [0.2, 0.25) is 17.7 Å². The monoisotopic (exact) mass is 447 g/mol. The van der Waals surface area contributed by atoms with Crippen LogP contribution in [0.3, 0.4) is 0 Å². The third kappa shape index (κ3) is 2.88. The molecular formula is C26H29N3O4. The van der Waals surface area contributed by atoms with E-state index >= 15 is 0 Å². The lowest BCUT2D eigenvalue weighted by Gasteiger charge is -2.34. The van der Waals surface area contributed by atoms with Crippen LogP contribution in [0.2, 0.25) is 0 Å². The number of nitrogens with one attached hydrogen (secondary N) is 2. The zero-order valence-corrected chi connectivity index (χ0v) is 19.5. The van der Waals surface area contributed by atoms with Crippen LogP contribution >= 0.6 is 0 Å². The van der Waals surface area contributed by atoms with Crippen molar-refractivity contribution in [2.24, 2.45) is 11.8 Å². The Hall–Kier alpha value is -3.19. The average molecular weight is 448 g/mol. The van der Waals surface area contributed by atoms with Gasteiger partial charge in [-0.1, -0.05) is 24.3 Å². The highest BCUT2D eigenvalue weighted by atomic mass is 16.3. The van der Waals surface area contributed by atoms with E-state index in [1.165, 1.54) is 4.90 Å². The summed E-state index contributed by atoms with van der Waals surface area (Å²) in [6.45, 7) is 9.47. The molecule has 0 bridgehead atoms. The summed E-state index contributed by atoms with van der Waals surface area (Å²) in [6.07, 6.45) is 0.452. The van der Waals surface area contributed by atoms with Gasteiger partial charge in [-0.25, -0.2) is 0 Å². The first-order chi connectivity index (χ1) is 15.5. The normalized spacial score (nSPS) is 28.5. The highest BCUT2D eigenvalue weighted by Crippen LogP contribution is 2.55. The summed E-state index contributed by atoms with van der Waals surface area (Å²) in [5, 5.41) is 16.1. The van der Waals surface area contributed by atoms with Crippen molar-refractivity contribution in [2.75, 3.05) is 5.32 Å². The number of amides is 3. The molecule has 3 heterocycles. The molecule has 3 N–H and O–H groups in total. The third-order valence-electron chi connectivity index (χ3n) is 7.48. The Morgan fingerprint density at radius 3 is 2.30 bits per heavy atom. The molecule has 3 aliphatic rings. The van der Waals surface area contributed by atoms with Crippen molar-refractivity contribution < 1.29 is 19.5 Å². The summed E-state index contributed by atoms with van der Waals surface area (Å²) in [5.41, 5.74) is 2.39. The number of phenols is 1. The van der Waals surface area contributed by atoms with Gasteiger partial charge in [0.25, 0.3) is 0 Å². The van der Waals surface area contributed by atoms with Gasteiger partial charge in [0.1, 0.15) is 11.3 Å².